The van der Waals surface area contributed by atoms with E-state index in [0.29, 0.717) is 23.7 Å². The Morgan fingerprint density at radius 3 is 2.82 bits per heavy atom. The van der Waals surface area contributed by atoms with E-state index in [-0.39, 0.29) is 5.88 Å². The molecule has 22 heavy (non-hydrogen) atoms. The summed E-state index contributed by atoms with van der Waals surface area (Å²) >= 11 is 5.77. The van der Waals surface area contributed by atoms with Crippen LogP contribution in [0.15, 0.2) is 54.9 Å². The first kappa shape index (κ1) is 14.8. The van der Waals surface area contributed by atoms with Crippen molar-refractivity contribution in [1.82, 2.24) is 0 Å². The molecule has 0 radical (unpaired) electrons. The number of benzene rings is 2. The first-order valence-electron chi connectivity index (χ1n) is 6.95. The zero-order valence-corrected chi connectivity index (χ0v) is 12.6. The van der Waals surface area contributed by atoms with Gasteiger partial charge in [0.15, 0.2) is 5.75 Å². The summed E-state index contributed by atoms with van der Waals surface area (Å²) in [6.07, 6.45) is 2.39. The van der Waals surface area contributed by atoms with Gasteiger partial charge in [-0.15, -0.1) is 11.6 Å². The molecule has 0 unspecified atom stereocenters. The number of aliphatic hydroxyl groups excluding tert-OH is 1. The predicted molar refractivity (Wildman–Crippen MR) is 86.3 cm³/mol. The Kier molecular flexibility index (Phi) is 4.51. The molecule has 4 nitrogen and oxygen atoms in total. The molecule has 0 fully saturated rings. The molecule has 0 aliphatic carbocycles. The summed E-state index contributed by atoms with van der Waals surface area (Å²) < 4.78 is 11.3. The smallest absolute Gasteiger partial charge is 0.156 e. The summed E-state index contributed by atoms with van der Waals surface area (Å²) in [6.45, 7) is 0.451. The van der Waals surface area contributed by atoms with Crippen LogP contribution in [0.1, 0.15) is 17.2 Å². The van der Waals surface area contributed by atoms with Gasteiger partial charge in [-0.2, -0.15) is 0 Å². The molecular formula is C17H16ClNO3. The lowest BCUT2D eigenvalue weighted by molar-refractivity contribution is 0.198. The zero-order chi connectivity index (χ0) is 15.4. The number of halogens is 1. The van der Waals surface area contributed by atoms with Gasteiger partial charge in [-0.05, 0) is 11.6 Å². The van der Waals surface area contributed by atoms with Gasteiger partial charge < -0.3 is 19.9 Å². The first-order valence-corrected chi connectivity index (χ1v) is 7.48. The van der Waals surface area contributed by atoms with E-state index in [1.54, 1.807) is 12.3 Å². The Labute approximate surface area is 133 Å². The summed E-state index contributed by atoms with van der Waals surface area (Å²) in [4.78, 5) is 0. The summed E-state index contributed by atoms with van der Waals surface area (Å²) in [5.74, 6) is 1.30. The highest BCUT2D eigenvalue weighted by atomic mass is 35.5. The van der Waals surface area contributed by atoms with E-state index in [1.807, 2.05) is 36.4 Å². The number of hydrogen-bond acceptors (Lipinski definition) is 4. The molecule has 1 aliphatic heterocycles. The van der Waals surface area contributed by atoms with Crippen molar-refractivity contribution in [3.05, 3.63) is 66.1 Å². The Morgan fingerprint density at radius 1 is 1.23 bits per heavy atom. The minimum Gasteiger partial charge on any atom is -0.489 e. The van der Waals surface area contributed by atoms with Crippen LogP contribution < -0.4 is 14.8 Å². The fourth-order valence-corrected chi connectivity index (χ4v) is 2.41. The topological polar surface area (TPSA) is 50.7 Å². The fraction of sp³-hybridized carbons (Fsp3) is 0.176. The average molecular weight is 318 g/mol. The van der Waals surface area contributed by atoms with Gasteiger partial charge in [0.25, 0.3) is 0 Å². The van der Waals surface area contributed by atoms with Gasteiger partial charge >= 0.3 is 0 Å². The summed E-state index contributed by atoms with van der Waals surface area (Å²) in [5.41, 5.74) is 2.42. The van der Waals surface area contributed by atoms with E-state index in [9.17, 15) is 5.11 Å². The van der Waals surface area contributed by atoms with Crippen LogP contribution in [-0.2, 0) is 6.61 Å². The minimum atomic E-state index is -0.816. The van der Waals surface area contributed by atoms with Crippen LogP contribution >= 0.6 is 11.6 Å². The van der Waals surface area contributed by atoms with Crippen molar-refractivity contribution in [1.29, 1.82) is 0 Å². The highest BCUT2D eigenvalue weighted by Crippen LogP contribution is 2.39. The quantitative estimate of drug-likeness (QED) is 0.823. The monoisotopic (exact) mass is 317 g/mol. The molecule has 1 aliphatic rings. The normalized spacial score (nSPS) is 13.7. The van der Waals surface area contributed by atoms with Gasteiger partial charge in [0, 0.05) is 17.8 Å². The van der Waals surface area contributed by atoms with Crippen molar-refractivity contribution in [3.63, 3.8) is 0 Å². The van der Waals surface area contributed by atoms with E-state index in [1.165, 1.54) is 6.26 Å². The van der Waals surface area contributed by atoms with E-state index < -0.39 is 6.10 Å². The third kappa shape index (κ3) is 3.18. The lowest BCUT2D eigenvalue weighted by Crippen LogP contribution is -2.08. The maximum Gasteiger partial charge on any atom is 0.156 e. The van der Waals surface area contributed by atoms with Gasteiger partial charge in [0.05, 0.1) is 17.7 Å². The van der Waals surface area contributed by atoms with Crippen molar-refractivity contribution in [2.45, 2.75) is 12.7 Å². The fourth-order valence-electron chi connectivity index (χ4n) is 2.24. The lowest BCUT2D eigenvalue weighted by atomic mass is 10.1. The van der Waals surface area contributed by atoms with Crippen LogP contribution in [0.3, 0.4) is 0 Å². The van der Waals surface area contributed by atoms with Gasteiger partial charge in [0.1, 0.15) is 18.6 Å². The number of hydrogen-bond donors (Lipinski definition) is 2. The third-order valence-electron chi connectivity index (χ3n) is 3.34. The molecule has 2 aromatic rings. The van der Waals surface area contributed by atoms with Gasteiger partial charge in [-0.25, -0.2) is 0 Å². The summed E-state index contributed by atoms with van der Waals surface area (Å²) in [6, 6.07) is 13.5. The van der Waals surface area contributed by atoms with E-state index in [0.717, 1.165) is 11.3 Å². The van der Waals surface area contributed by atoms with Crippen LogP contribution in [0.4, 0.5) is 5.69 Å². The van der Waals surface area contributed by atoms with Crippen LogP contribution in [0.25, 0.3) is 0 Å². The molecule has 1 atom stereocenters. The standard InChI is InChI=1S/C17H16ClNO3/c18-10-16(20)14-8-13(9-15-17(14)21-7-6-19-15)22-11-12-4-2-1-3-5-12/h1-9,16,19-20H,10-11H2/t16-/m0/s1. The highest BCUT2D eigenvalue weighted by Gasteiger charge is 2.20. The van der Waals surface area contributed by atoms with E-state index in [4.69, 9.17) is 21.1 Å². The van der Waals surface area contributed by atoms with Crippen molar-refractivity contribution in [2.24, 2.45) is 0 Å². The van der Waals surface area contributed by atoms with E-state index in [2.05, 4.69) is 5.32 Å². The van der Waals surface area contributed by atoms with Gasteiger partial charge in [0.2, 0.25) is 0 Å². The highest BCUT2D eigenvalue weighted by molar-refractivity contribution is 6.18. The zero-order valence-electron chi connectivity index (χ0n) is 11.8. The Balaban J connectivity index is 1.85. The van der Waals surface area contributed by atoms with Crippen LogP contribution in [0.5, 0.6) is 11.5 Å². The number of ether oxygens (including phenoxy) is 2. The number of aliphatic hydroxyl groups is 1. The molecule has 5 heteroatoms. The molecule has 0 amide bonds. The second kappa shape index (κ2) is 6.73. The first-order chi connectivity index (χ1) is 10.8. The van der Waals surface area contributed by atoms with Crippen molar-refractivity contribution in [3.8, 4) is 11.5 Å². The number of rotatable bonds is 5. The molecule has 1 heterocycles. The van der Waals surface area contributed by atoms with Crippen LogP contribution in [0, 0.1) is 0 Å². The maximum atomic E-state index is 10.1. The maximum absolute atomic E-state index is 10.1. The SMILES string of the molecule is O[C@@H](CCl)c1cc(OCc2ccccc2)cc2c1OC=CN2. The molecule has 0 spiro atoms. The van der Waals surface area contributed by atoms with Crippen LogP contribution in [0.2, 0.25) is 0 Å². The minimum absolute atomic E-state index is 0.0850. The number of nitrogens with one attached hydrogen (secondary N) is 1. The molecule has 2 N–H and O–H groups in total. The number of anilines is 1. The molecular weight excluding hydrogens is 302 g/mol. The lowest BCUT2D eigenvalue weighted by Gasteiger charge is -2.21. The van der Waals surface area contributed by atoms with Gasteiger partial charge in [-0.3, -0.25) is 0 Å². The molecule has 0 saturated carbocycles. The second-order valence-corrected chi connectivity index (χ2v) is 5.21. The Bertz CT molecular complexity index is 673. The summed E-state index contributed by atoms with van der Waals surface area (Å²) in [7, 11) is 0. The molecule has 2 aromatic carbocycles. The van der Waals surface area contributed by atoms with Crippen LogP contribution in [-0.4, -0.2) is 11.0 Å². The molecule has 0 aromatic heterocycles. The van der Waals surface area contributed by atoms with Crippen molar-refractivity contribution < 1.29 is 14.6 Å². The summed E-state index contributed by atoms with van der Waals surface area (Å²) in [5, 5.41) is 13.2. The average Bonchev–Trinajstić information content (AvgIpc) is 2.59. The van der Waals surface area contributed by atoms with Crippen molar-refractivity contribution >= 4 is 17.3 Å². The second-order valence-electron chi connectivity index (χ2n) is 4.90. The predicted octanol–water partition coefficient (Wildman–Crippen LogP) is 3.81. The molecule has 0 bridgehead atoms. The molecule has 3 rings (SSSR count). The molecule has 114 valence electrons. The third-order valence-corrected chi connectivity index (χ3v) is 3.63. The number of alkyl halides is 1. The van der Waals surface area contributed by atoms with Gasteiger partial charge in [-0.1, -0.05) is 30.3 Å². The van der Waals surface area contributed by atoms with Crippen molar-refractivity contribution in [2.75, 3.05) is 11.2 Å². The Hall–Kier alpha value is -2.17. The number of fused-ring (bicyclic) bond motifs is 1. The Morgan fingerprint density at radius 2 is 2.05 bits per heavy atom. The largest absolute Gasteiger partial charge is 0.489 e. The molecule has 0 saturated heterocycles. The van der Waals surface area contributed by atoms with E-state index >= 15 is 0 Å².